The highest BCUT2D eigenvalue weighted by Gasteiger charge is 2.10. The molecule has 0 aliphatic rings. The predicted octanol–water partition coefficient (Wildman–Crippen LogP) is 4.92. The second-order valence-electron chi connectivity index (χ2n) is 4.97. The Bertz CT molecular complexity index is 482. The summed E-state index contributed by atoms with van der Waals surface area (Å²) in [6.07, 6.45) is 7.51. The lowest BCUT2D eigenvalue weighted by Gasteiger charge is -2.08. The normalized spacial score (nSPS) is 9.90. The van der Waals surface area contributed by atoms with Crippen molar-refractivity contribution in [2.24, 2.45) is 0 Å². The standard InChI is InChI=1S/C18H24O2/c1-4-6-7-8-9-13-20-18(19)17-14-16(10-5-2)12-11-15(17)3/h10-12,14H,2,4,6-9,13H2,1,3H3. The molecule has 0 aliphatic heterocycles. The Morgan fingerprint density at radius 3 is 2.75 bits per heavy atom. The second-order valence-corrected chi connectivity index (χ2v) is 4.97. The van der Waals surface area contributed by atoms with Crippen LogP contribution in [0, 0.1) is 6.92 Å². The fraction of sp³-hybridized carbons (Fsp3) is 0.444. The molecule has 0 N–H and O–H groups in total. The Morgan fingerprint density at radius 1 is 1.30 bits per heavy atom. The fourth-order valence-corrected chi connectivity index (χ4v) is 2.02. The first-order valence-corrected chi connectivity index (χ1v) is 7.32. The molecule has 20 heavy (non-hydrogen) atoms. The number of unbranched alkanes of at least 4 members (excludes halogenated alkanes) is 4. The van der Waals surface area contributed by atoms with Crippen molar-refractivity contribution in [1.82, 2.24) is 0 Å². The zero-order valence-electron chi connectivity index (χ0n) is 12.6. The van der Waals surface area contributed by atoms with Gasteiger partial charge in [-0.25, -0.2) is 4.79 Å². The molecule has 108 valence electrons. The van der Waals surface area contributed by atoms with Crippen LogP contribution in [0.1, 0.15) is 60.5 Å². The lowest BCUT2D eigenvalue weighted by atomic mass is 10.1. The maximum atomic E-state index is 12.0. The number of rotatable bonds is 8. The van der Waals surface area contributed by atoms with Gasteiger partial charge in [-0.3, -0.25) is 0 Å². The van der Waals surface area contributed by atoms with E-state index >= 15 is 0 Å². The van der Waals surface area contributed by atoms with Gasteiger partial charge in [-0.2, -0.15) is 0 Å². The van der Waals surface area contributed by atoms with Gasteiger partial charge in [0.15, 0.2) is 0 Å². The van der Waals surface area contributed by atoms with E-state index in [0.717, 1.165) is 24.0 Å². The van der Waals surface area contributed by atoms with Gasteiger partial charge in [-0.05, 0) is 36.6 Å². The first-order valence-electron chi connectivity index (χ1n) is 7.32. The van der Waals surface area contributed by atoms with Crippen LogP contribution in [-0.2, 0) is 4.74 Å². The third kappa shape index (κ3) is 5.46. The number of benzene rings is 1. The molecule has 0 radical (unpaired) electrons. The number of carbonyl (C=O) groups is 1. The quantitative estimate of drug-likeness (QED) is 0.381. The maximum absolute atomic E-state index is 12.0. The third-order valence-electron chi connectivity index (χ3n) is 3.23. The lowest BCUT2D eigenvalue weighted by molar-refractivity contribution is 0.0497. The van der Waals surface area contributed by atoms with E-state index in [4.69, 9.17) is 4.74 Å². The van der Waals surface area contributed by atoms with E-state index in [-0.39, 0.29) is 5.97 Å². The molecule has 0 saturated heterocycles. The Balaban J connectivity index is 2.50. The predicted molar refractivity (Wildman–Crippen MR) is 83.8 cm³/mol. The van der Waals surface area contributed by atoms with Crippen LogP contribution in [0.5, 0.6) is 0 Å². The van der Waals surface area contributed by atoms with Gasteiger partial charge < -0.3 is 4.74 Å². The molecule has 2 nitrogen and oxygen atoms in total. The first-order chi connectivity index (χ1) is 9.69. The minimum absolute atomic E-state index is 0.239. The van der Waals surface area contributed by atoms with Gasteiger partial charge in [0, 0.05) is 0 Å². The summed E-state index contributed by atoms with van der Waals surface area (Å²) in [5.74, 6) is -0.239. The van der Waals surface area contributed by atoms with Crippen LogP contribution in [0.25, 0.3) is 6.08 Å². The van der Waals surface area contributed by atoms with E-state index in [9.17, 15) is 4.79 Å². The van der Waals surface area contributed by atoms with E-state index < -0.39 is 0 Å². The molecule has 0 aliphatic carbocycles. The fourth-order valence-electron chi connectivity index (χ4n) is 2.02. The molecule has 0 heterocycles. The van der Waals surface area contributed by atoms with Gasteiger partial charge in [0.25, 0.3) is 0 Å². The highest BCUT2D eigenvalue weighted by Crippen LogP contribution is 2.14. The maximum Gasteiger partial charge on any atom is 0.338 e. The average Bonchev–Trinajstić information content (AvgIpc) is 2.45. The molecule has 1 aromatic rings. The molecule has 0 saturated carbocycles. The van der Waals surface area contributed by atoms with Crippen molar-refractivity contribution >= 4 is 12.0 Å². The number of ether oxygens (including phenoxy) is 1. The first kappa shape index (κ1) is 16.3. The van der Waals surface area contributed by atoms with Crippen molar-refractivity contribution in [3.8, 4) is 0 Å². The van der Waals surface area contributed by atoms with E-state index in [1.807, 2.05) is 25.1 Å². The zero-order chi connectivity index (χ0) is 14.8. The highest BCUT2D eigenvalue weighted by molar-refractivity contribution is 5.91. The minimum Gasteiger partial charge on any atom is -0.462 e. The van der Waals surface area contributed by atoms with E-state index in [1.54, 1.807) is 6.08 Å². The van der Waals surface area contributed by atoms with Crippen LogP contribution in [0.3, 0.4) is 0 Å². The molecule has 0 spiro atoms. The molecule has 0 bridgehead atoms. The molecule has 0 fully saturated rings. The Kier molecular flexibility index (Phi) is 7.46. The topological polar surface area (TPSA) is 26.3 Å². The van der Waals surface area contributed by atoms with Crippen molar-refractivity contribution in [2.75, 3.05) is 6.61 Å². The van der Waals surface area contributed by atoms with Gasteiger partial charge in [0.2, 0.25) is 0 Å². The van der Waals surface area contributed by atoms with Gasteiger partial charge in [0.05, 0.1) is 12.2 Å². The number of hydrogen-bond donors (Lipinski definition) is 0. The second kappa shape index (κ2) is 9.17. The van der Waals surface area contributed by atoms with Crippen molar-refractivity contribution in [3.05, 3.63) is 47.2 Å². The molecule has 1 rings (SSSR count). The number of aryl methyl sites for hydroxylation is 1. The Morgan fingerprint density at radius 2 is 2.05 bits per heavy atom. The summed E-state index contributed by atoms with van der Waals surface area (Å²) in [6, 6.07) is 5.68. The molecule has 0 aromatic heterocycles. The summed E-state index contributed by atoms with van der Waals surface area (Å²) in [6.45, 7) is 8.15. The summed E-state index contributed by atoms with van der Waals surface area (Å²) < 4.78 is 5.33. The van der Waals surface area contributed by atoms with Crippen molar-refractivity contribution in [2.45, 2.75) is 46.0 Å². The third-order valence-corrected chi connectivity index (χ3v) is 3.23. The highest BCUT2D eigenvalue weighted by atomic mass is 16.5. The largest absolute Gasteiger partial charge is 0.462 e. The summed E-state index contributed by atoms with van der Waals surface area (Å²) in [5.41, 5.74) is 5.19. The van der Waals surface area contributed by atoms with Crippen LogP contribution in [0.15, 0.2) is 30.5 Å². The molecular formula is C18H24O2. The average molecular weight is 272 g/mol. The molecule has 0 amide bonds. The molecule has 1 aromatic carbocycles. The molecule has 2 heteroatoms. The molecule has 0 unspecified atom stereocenters. The summed E-state index contributed by atoms with van der Waals surface area (Å²) in [5, 5.41) is 0. The van der Waals surface area contributed by atoms with Crippen molar-refractivity contribution < 1.29 is 9.53 Å². The number of esters is 1. The van der Waals surface area contributed by atoms with Crippen LogP contribution in [0.2, 0.25) is 0 Å². The van der Waals surface area contributed by atoms with Gasteiger partial charge in [-0.15, -0.1) is 5.73 Å². The van der Waals surface area contributed by atoms with Crippen LogP contribution < -0.4 is 0 Å². The Hall–Kier alpha value is -1.79. The molecule has 0 atom stereocenters. The van der Waals surface area contributed by atoms with Gasteiger partial charge in [0.1, 0.15) is 0 Å². The number of carbonyl (C=O) groups excluding carboxylic acids is 1. The van der Waals surface area contributed by atoms with E-state index in [2.05, 4.69) is 19.2 Å². The van der Waals surface area contributed by atoms with Gasteiger partial charge >= 0.3 is 5.97 Å². The van der Waals surface area contributed by atoms with E-state index in [0.29, 0.717) is 12.2 Å². The minimum atomic E-state index is -0.239. The zero-order valence-corrected chi connectivity index (χ0v) is 12.6. The lowest BCUT2D eigenvalue weighted by Crippen LogP contribution is -2.08. The van der Waals surface area contributed by atoms with Crippen LogP contribution in [0.4, 0.5) is 0 Å². The summed E-state index contributed by atoms with van der Waals surface area (Å²) >= 11 is 0. The van der Waals surface area contributed by atoms with E-state index in [1.165, 1.54) is 19.3 Å². The molecular weight excluding hydrogens is 248 g/mol. The SMILES string of the molecule is C=C=Cc1ccc(C)c(C(=O)OCCCCCCC)c1. The van der Waals surface area contributed by atoms with Crippen LogP contribution >= 0.6 is 0 Å². The van der Waals surface area contributed by atoms with Crippen molar-refractivity contribution in [3.63, 3.8) is 0 Å². The Labute approximate surface area is 122 Å². The van der Waals surface area contributed by atoms with Crippen molar-refractivity contribution in [1.29, 1.82) is 0 Å². The number of hydrogen-bond acceptors (Lipinski definition) is 2. The van der Waals surface area contributed by atoms with Crippen LogP contribution in [-0.4, -0.2) is 12.6 Å². The smallest absolute Gasteiger partial charge is 0.338 e. The summed E-state index contributed by atoms with van der Waals surface area (Å²) in [4.78, 5) is 12.0. The summed E-state index contributed by atoms with van der Waals surface area (Å²) in [7, 11) is 0. The monoisotopic (exact) mass is 272 g/mol. The van der Waals surface area contributed by atoms with Gasteiger partial charge in [-0.1, -0.05) is 51.3 Å².